The SMILES string of the molecule is O=C(O)C1(c2ccccc2N2CCNCC2)CCCC1. The van der Waals surface area contributed by atoms with Crippen LogP contribution in [-0.4, -0.2) is 37.3 Å². The van der Waals surface area contributed by atoms with E-state index in [9.17, 15) is 9.90 Å². The second-order valence-electron chi connectivity index (χ2n) is 5.85. The van der Waals surface area contributed by atoms with Gasteiger partial charge in [0.05, 0.1) is 5.41 Å². The first-order chi connectivity index (χ1) is 9.74. The molecule has 0 amide bonds. The number of benzene rings is 1. The van der Waals surface area contributed by atoms with Crippen molar-refractivity contribution in [2.24, 2.45) is 0 Å². The van der Waals surface area contributed by atoms with Crippen molar-refractivity contribution in [3.05, 3.63) is 29.8 Å². The summed E-state index contributed by atoms with van der Waals surface area (Å²) >= 11 is 0. The van der Waals surface area contributed by atoms with Crippen LogP contribution in [0.1, 0.15) is 31.2 Å². The summed E-state index contributed by atoms with van der Waals surface area (Å²) in [5.74, 6) is -0.655. The Bertz CT molecular complexity index is 489. The summed E-state index contributed by atoms with van der Waals surface area (Å²) in [5.41, 5.74) is 1.48. The maximum atomic E-state index is 11.9. The van der Waals surface area contributed by atoms with Crippen LogP contribution >= 0.6 is 0 Å². The van der Waals surface area contributed by atoms with Crippen LogP contribution < -0.4 is 10.2 Å². The topological polar surface area (TPSA) is 52.6 Å². The molecule has 2 aliphatic rings. The summed E-state index contributed by atoms with van der Waals surface area (Å²) in [6.45, 7) is 3.84. The van der Waals surface area contributed by atoms with Crippen molar-refractivity contribution in [1.29, 1.82) is 0 Å². The predicted octanol–water partition coefficient (Wildman–Crippen LogP) is 1.99. The first kappa shape index (κ1) is 13.4. The zero-order valence-corrected chi connectivity index (χ0v) is 11.8. The molecule has 0 radical (unpaired) electrons. The molecule has 0 bridgehead atoms. The van der Waals surface area contributed by atoms with E-state index in [-0.39, 0.29) is 0 Å². The van der Waals surface area contributed by atoms with E-state index < -0.39 is 11.4 Å². The van der Waals surface area contributed by atoms with Crippen LogP contribution in [0.25, 0.3) is 0 Å². The fourth-order valence-electron chi connectivity index (χ4n) is 3.64. The van der Waals surface area contributed by atoms with Gasteiger partial charge in [-0.05, 0) is 24.5 Å². The van der Waals surface area contributed by atoms with E-state index in [0.29, 0.717) is 0 Å². The number of piperazine rings is 1. The van der Waals surface area contributed by atoms with E-state index in [1.54, 1.807) is 0 Å². The Labute approximate surface area is 119 Å². The third-order valence-corrected chi connectivity index (χ3v) is 4.74. The van der Waals surface area contributed by atoms with Crippen molar-refractivity contribution in [3.63, 3.8) is 0 Å². The summed E-state index contributed by atoms with van der Waals surface area (Å²) in [5, 5.41) is 13.2. The molecular formula is C16H22N2O2. The highest BCUT2D eigenvalue weighted by Gasteiger charge is 2.44. The molecule has 0 atom stereocenters. The van der Waals surface area contributed by atoms with Crippen molar-refractivity contribution in [1.82, 2.24) is 5.32 Å². The molecule has 1 saturated heterocycles. The fraction of sp³-hybridized carbons (Fsp3) is 0.562. The first-order valence-electron chi connectivity index (χ1n) is 7.53. The van der Waals surface area contributed by atoms with Crippen molar-refractivity contribution in [3.8, 4) is 0 Å². The van der Waals surface area contributed by atoms with Gasteiger partial charge in [-0.15, -0.1) is 0 Å². The summed E-state index contributed by atoms with van der Waals surface area (Å²) in [7, 11) is 0. The summed E-state index contributed by atoms with van der Waals surface area (Å²) < 4.78 is 0. The fourth-order valence-corrected chi connectivity index (χ4v) is 3.64. The molecule has 4 heteroatoms. The smallest absolute Gasteiger partial charge is 0.314 e. The third kappa shape index (κ3) is 2.18. The number of nitrogens with zero attached hydrogens (tertiary/aromatic N) is 1. The van der Waals surface area contributed by atoms with Crippen LogP contribution in [0, 0.1) is 0 Å². The lowest BCUT2D eigenvalue weighted by Gasteiger charge is -2.35. The molecule has 1 aromatic carbocycles. The van der Waals surface area contributed by atoms with Gasteiger partial charge >= 0.3 is 5.97 Å². The van der Waals surface area contributed by atoms with Crippen LogP contribution in [0.5, 0.6) is 0 Å². The zero-order chi connectivity index (χ0) is 14.0. The Kier molecular flexibility index (Phi) is 3.66. The lowest BCUT2D eigenvalue weighted by atomic mass is 9.78. The normalized spacial score (nSPS) is 21.9. The molecule has 2 N–H and O–H groups in total. The van der Waals surface area contributed by atoms with E-state index in [4.69, 9.17) is 0 Å². The van der Waals surface area contributed by atoms with Crippen molar-refractivity contribution >= 4 is 11.7 Å². The first-order valence-corrected chi connectivity index (χ1v) is 7.53. The molecular weight excluding hydrogens is 252 g/mol. The molecule has 1 heterocycles. The van der Waals surface area contributed by atoms with Crippen LogP contribution in [0.3, 0.4) is 0 Å². The van der Waals surface area contributed by atoms with Gasteiger partial charge in [0.1, 0.15) is 0 Å². The van der Waals surface area contributed by atoms with E-state index in [1.807, 2.05) is 18.2 Å². The molecule has 0 spiro atoms. The molecule has 20 heavy (non-hydrogen) atoms. The number of carboxylic acid groups (broad SMARTS) is 1. The minimum Gasteiger partial charge on any atom is -0.481 e. The maximum absolute atomic E-state index is 11.9. The van der Waals surface area contributed by atoms with Gasteiger partial charge in [-0.1, -0.05) is 31.0 Å². The summed E-state index contributed by atoms with van der Waals surface area (Å²) in [6.07, 6.45) is 3.57. The van der Waals surface area contributed by atoms with Gasteiger partial charge < -0.3 is 15.3 Å². The standard InChI is InChI=1S/C16H22N2O2/c19-15(20)16(7-3-4-8-16)13-5-1-2-6-14(13)18-11-9-17-10-12-18/h1-2,5-6,17H,3-4,7-12H2,(H,19,20). The van der Waals surface area contributed by atoms with Crippen LogP contribution in [-0.2, 0) is 10.2 Å². The second kappa shape index (κ2) is 5.44. The number of aliphatic carboxylic acids is 1. The molecule has 1 aliphatic carbocycles. The Balaban J connectivity index is 2.02. The van der Waals surface area contributed by atoms with Gasteiger partial charge in [0.2, 0.25) is 0 Å². The minimum absolute atomic E-state index is 0.655. The number of carbonyl (C=O) groups is 1. The third-order valence-electron chi connectivity index (χ3n) is 4.74. The van der Waals surface area contributed by atoms with Crippen molar-refractivity contribution in [2.45, 2.75) is 31.1 Å². The monoisotopic (exact) mass is 274 g/mol. The summed E-state index contributed by atoms with van der Waals surface area (Å²) in [4.78, 5) is 14.3. The van der Waals surface area contributed by atoms with Crippen LogP contribution in [0.2, 0.25) is 0 Å². The Hall–Kier alpha value is -1.55. The molecule has 2 fully saturated rings. The quantitative estimate of drug-likeness (QED) is 0.885. The number of carboxylic acids is 1. The van der Waals surface area contributed by atoms with Crippen molar-refractivity contribution < 1.29 is 9.90 Å². The molecule has 4 nitrogen and oxygen atoms in total. The summed E-state index contributed by atoms with van der Waals surface area (Å²) in [6, 6.07) is 8.11. The average molecular weight is 274 g/mol. The number of hydrogen-bond donors (Lipinski definition) is 2. The van der Waals surface area contributed by atoms with E-state index in [2.05, 4.69) is 16.3 Å². The largest absolute Gasteiger partial charge is 0.481 e. The van der Waals surface area contributed by atoms with Crippen molar-refractivity contribution in [2.75, 3.05) is 31.1 Å². The van der Waals surface area contributed by atoms with Gasteiger partial charge in [-0.2, -0.15) is 0 Å². The number of anilines is 1. The van der Waals surface area contributed by atoms with Gasteiger partial charge in [-0.3, -0.25) is 4.79 Å². The van der Waals surface area contributed by atoms with Crippen LogP contribution in [0.4, 0.5) is 5.69 Å². The van der Waals surface area contributed by atoms with Gasteiger partial charge in [0, 0.05) is 31.9 Å². The lowest BCUT2D eigenvalue weighted by Crippen LogP contribution is -2.45. The van der Waals surface area contributed by atoms with E-state index >= 15 is 0 Å². The highest BCUT2D eigenvalue weighted by atomic mass is 16.4. The minimum atomic E-state index is -0.665. The number of para-hydroxylation sites is 1. The molecule has 1 saturated carbocycles. The Morgan fingerprint density at radius 3 is 2.45 bits per heavy atom. The molecule has 0 aromatic heterocycles. The number of rotatable bonds is 3. The Morgan fingerprint density at radius 1 is 1.15 bits per heavy atom. The van der Waals surface area contributed by atoms with Crippen LogP contribution in [0.15, 0.2) is 24.3 Å². The molecule has 1 aromatic rings. The maximum Gasteiger partial charge on any atom is 0.314 e. The second-order valence-corrected chi connectivity index (χ2v) is 5.85. The zero-order valence-electron chi connectivity index (χ0n) is 11.8. The lowest BCUT2D eigenvalue weighted by molar-refractivity contribution is -0.143. The Morgan fingerprint density at radius 2 is 1.80 bits per heavy atom. The number of nitrogens with one attached hydrogen (secondary N) is 1. The average Bonchev–Trinajstić information content (AvgIpc) is 2.99. The van der Waals surface area contributed by atoms with Gasteiger partial charge in [-0.25, -0.2) is 0 Å². The number of hydrogen-bond acceptors (Lipinski definition) is 3. The van der Waals surface area contributed by atoms with E-state index in [0.717, 1.165) is 63.1 Å². The molecule has 3 rings (SSSR count). The van der Waals surface area contributed by atoms with E-state index in [1.165, 1.54) is 0 Å². The predicted molar refractivity (Wildman–Crippen MR) is 79.3 cm³/mol. The highest BCUT2D eigenvalue weighted by molar-refractivity contribution is 5.84. The molecule has 108 valence electrons. The van der Waals surface area contributed by atoms with Gasteiger partial charge in [0.25, 0.3) is 0 Å². The molecule has 1 aliphatic heterocycles. The molecule has 0 unspecified atom stereocenters. The highest BCUT2D eigenvalue weighted by Crippen LogP contribution is 2.45. The van der Waals surface area contributed by atoms with Gasteiger partial charge in [0.15, 0.2) is 0 Å².